The molecule has 168 valence electrons. The molecule has 2 amide bonds. The molecule has 0 radical (unpaired) electrons. The van der Waals surface area contributed by atoms with Gasteiger partial charge in [0.1, 0.15) is 0 Å². The Morgan fingerprint density at radius 3 is 1.84 bits per heavy atom. The zero-order valence-electron chi connectivity index (χ0n) is 17.3. The average Bonchev–Trinajstić information content (AvgIpc) is 2.70. The van der Waals surface area contributed by atoms with Crippen LogP contribution >= 0.6 is 0 Å². The molecular formula is C21H23F3N2O5. The Bertz CT molecular complexity index is 904. The van der Waals surface area contributed by atoms with Gasteiger partial charge in [-0.2, -0.15) is 13.2 Å². The van der Waals surface area contributed by atoms with Crippen molar-refractivity contribution >= 4 is 23.2 Å². The highest BCUT2D eigenvalue weighted by molar-refractivity contribution is 6.05. The van der Waals surface area contributed by atoms with E-state index in [1.54, 1.807) is 26.1 Å². The van der Waals surface area contributed by atoms with E-state index >= 15 is 0 Å². The highest BCUT2D eigenvalue weighted by Crippen LogP contribution is 2.39. The lowest BCUT2D eigenvalue weighted by Crippen LogP contribution is -2.29. The minimum atomic E-state index is -5.02. The number of ether oxygens (including phenoxy) is 3. The lowest BCUT2D eigenvalue weighted by Gasteiger charge is -2.17. The van der Waals surface area contributed by atoms with Gasteiger partial charge in [0, 0.05) is 16.9 Å². The molecule has 0 saturated heterocycles. The Morgan fingerprint density at radius 1 is 0.839 bits per heavy atom. The Hall–Kier alpha value is -3.43. The van der Waals surface area contributed by atoms with E-state index in [9.17, 15) is 22.8 Å². The SMILES string of the molecule is CCOc1cc(C(=O)Nc2cccc(NC(=O)C(F)(F)F)c2)cc(OCC)c1OCC. The molecule has 0 aliphatic rings. The average molecular weight is 440 g/mol. The summed E-state index contributed by atoms with van der Waals surface area (Å²) in [5.41, 5.74) is 0.270. The summed E-state index contributed by atoms with van der Waals surface area (Å²) in [4.78, 5) is 23.9. The van der Waals surface area contributed by atoms with Crippen LogP contribution in [0, 0.1) is 0 Å². The van der Waals surface area contributed by atoms with E-state index in [4.69, 9.17) is 14.2 Å². The van der Waals surface area contributed by atoms with Crippen LogP contribution in [0.4, 0.5) is 24.5 Å². The third-order valence-corrected chi connectivity index (χ3v) is 3.81. The van der Waals surface area contributed by atoms with Gasteiger partial charge < -0.3 is 24.8 Å². The number of nitrogens with one attached hydrogen (secondary N) is 2. The van der Waals surface area contributed by atoms with Gasteiger partial charge in [-0.25, -0.2) is 0 Å². The van der Waals surface area contributed by atoms with E-state index in [0.717, 1.165) is 0 Å². The van der Waals surface area contributed by atoms with Gasteiger partial charge in [0.25, 0.3) is 5.91 Å². The maximum absolute atomic E-state index is 12.8. The first-order chi connectivity index (χ1) is 14.7. The van der Waals surface area contributed by atoms with Gasteiger partial charge in [0.2, 0.25) is 5.75 Å². The number of benzene rings is 2. The molecule has 7 nitrogen and oxygen atoms in total. The molecular weight excluding hydrogens is 417 g/mol. The van der Waals surface area contributed by atoms with Gasteiger partial charge in [-0.1, -0.05) is 6.07 Å². The normalized spacial score (nSPS) is 10.9. The topological polar surface area (TPSA) is 85.9 Å². The third-order valence-electron chi connectivity index (χ3n) is 3.81. The summed E-state index contributed by atoms with van der Waals surface area (Å²) in [6.07, 6.45) is -5.02. The maximum atomic E-state index is 12.8. The van der Waals surface area contributed by atoms with Gasteiger partial charge in [0.05, 0.1) is 19.8 Å². The van der Waals surface area contributed by atoms with E-state index in [2.05, 4.69) is 5.32 Å². The molecule has 2 rings (SSSR count). The van der Waals surface area contributed by atoms with E-state index in [-0.39, 0.29) is 16.9 Å². The standard InChI is InChI=1S/C21H23F3N2O5/c1-4-29-16-10-13(11-17(30-5-2)18(16)31-6-3)19(27)25-14-8-7-9-15(12-14)26-20(28)21(22,23)24/h7-12H,4-6H2,1-3H3,(H,25,27)(H,26,28). The maximum Gasteiger partial charge on any atom is 0.471 e. The zero-order valence-corrected chi connectivity index (χ0v) is 17.3. The predicted octanol–water partition coefficient (Wildman–Crippen LogP) is 4.64. The van der Waals surface area contributed by atoms with Crippen molar-refractivity contribution in [3.63, 3.8) is 0 Å². The first-order valence-corrected chi connectivity index (χ1v) is 9.55. The minimum Gasteiger partial charge on any atom is -0.490 e. The summed E-state index contributed by atoms with van der Waals surface area (Å²) in [6, 6.07) is 8.34. The number of alkyl halides is 3. The van der Waals surface area contributed by atoms with Crippen LogP contribution in [0.2, 0.25) is 0 Å². The molecule has 0 fully saturated rings. The molecule has 0 saturated carbocycles. The van der Waals surface area contributed by atoms with Crippen LogP contribution in [-0.4, -0.2) is 37.8 Å². The Kier molecular flexibility index (Phi) is 8.12. The summed E-state index contributed by atoms with van der Waals surface area (Å²) in [5.74, 6) is -1.63. The summed E-state index contributed by atoms with van der Waals surface area (Å²) >= 11 is 0. The van der Waals surface area contributed by atoms with Gasteiger partial charge in [-0.05, 0) is 51.1 Å². The van der Waals surface area contributed by atoms with E-state index in [0.29, 0.717) is 37.1 Å². The highest BCUT2D eigenvalue weighted by Gasteiger charge is 2.38. The number of anilines is 2. The van der Waals surface area contributed by atoms with Crippen molar-refractivity contribution in [3.8, 4) is 17.2 Å². The number of carbonyl (C=O) groups is 2. The van der Waals surface area contributed by atoms with Crippen molar-refractivity contribution in [1.82, 2.24) is 0 Å². The molecule has 10 heteroatoms. The third kappa shape index (κ3) is 6.53. The molecule has 0 bridgehead atoms. The van der Waals surface area contributed by atoms with Gasteiger partial charge in [-0.15, -0.1) is 0 Å². The number of amides is 2. The number of carbonyl (C=O) groups excluding carboxylic acids is 2. The van der Waals surface area contributed by atoms with Crippen LogP contribution < -0.4 is 24.8 Å². The largest absolute Gasteiger partial charge is 0.490 e. The lowest BCUT2D eigenvalue weighted by molar-refractivity contribution is -0.167. The van der Waals surface area contributed by atoms with Crippen LogP contribution in [0.25, 0.3) is 0 Å². The minimum absolute atomic E-state index is 0.114. The molecule has 0 aliphatic carbocycles. The van der Waals surface area contributed by atoms with Crippen LogP contribution in [0.3, 0.4) is 0 Å². The number of hydrogen-bond acceptors (Lipinski definition) is 5. The summed E-state index contributed by atoms with van der Waals surface area (Å²) in [5, 5.41) is 4.31. The number of rotatable bonds is 9. The molecule has 31 heavy (non-hydrogen) atoms. The van der Waals surface area contributed by atoms with Gasteiger partial charge in [0.15, 0.2) is 11.5 Å². The summed E-state index contributed by atoms with van der Waals surface area (Å²) in [7, 11) is 0. The van der Waals surface area contributed by atoms with Crippen molar-refractivity contribution in [2.45, 2.75) is 26.9 Å². The summed E-state index contributed by atoms with van der Waals surface area (Å²) < 4.78 is 54.1. The Morgan fingerprint density at radius 2 is 1.35 bits per heavy atom. The van der Waals surface area contributed by atoms with Crippen molar-refractivity contribution in [3.05, 3.63) is 42.0 Å². The van der Waals surface area contributed by atoms with Crippen molar-refractivity contribution in [2.24, 2.45) is 0 Å². The molecule has 0 atom stereocenters. The summed E-state index contributed by atoms with van der Waals surface area (Å²) in [6.45, 7) is 6.39. The highest BCUT2D eigenvalue weighted by atomic mass is 19.4. The lowest BCUT2D eigenvalue weighted by atomic mass is 10.1. The second-order valence-electron chi connectivity index (χ2n) is 6.09. The molecule has 2 aromatic carbocycles. The van der Waals surface area contributed by atoms with E-state index in [1.165, 1.54) is 36.4 Å². The zero-order chi connectivity index (χ0) is 23.0. The van der Waals surface area contributed by atoms with Crippen LogP contribution in [0.5, 0.6) is 17.2 Å². The van der Waals surface area contributed by atoms with Crippen LogP contribution in [0.1, 0.15) is 31.1 Å². The smallest absolute Gasteiger partial charge is 0.471 e. The monoisotopic (exact) mass is 440 g/mol. The molecule has 0 aromatic heterocycles. The van der Waals surface area contributed by atoms with Crippen LogP contribution in [0.15, 0.2) is 36.4 Å². The molecule has 0 spiro atoms. The fourth-order valence-electron chi connectivity index (χ4n) is 2.60. The first kappa shape index (κ1) is 23.8. The molecule has 2 aromatic rings. The fourth-order valence-corrected chi connectivity index (χ4v) is 2.60. The first-order valence-electron chi connectivity index (χ1n) is 9.55. The van der Waals surface area contributed by atoms with Crippen molar-refractivity contribution in [1.29, 1.82) is 0 Å². The van der Waals surface area contributed by atoms with Gasteiger partial charge >= 0.3 is 12.1 Å². The number of halogens is 3. The predicted molar refractivity (Wildman–Crippen MR) is 109 cm³/mol. The second-order valence-corrected chi connectivity index (χ2v) is 6.09. The molecule has 2 N–H and O–H groups in total. The van der Waals surface area contributed by atoms with E-state index < -0.39 is 18.0 Å². The second kappa shape index (κ2) is 10.6. The Labute approximate surface area is 177 Å². The van der Waals surface area contributed by atoms with Crippen molar-refractivity contribution < 1.29 is 37.0 Å². The van der Waals surface area contributed by atoms with Crippen LogP contribution in [-0.2, 0) is 4.79 Å². The quantitative estimate of drug-likeness (QED) is 0.594. The van der Waals surface area contributed by atoms with E-state index in [1.807, 2.05) is 0 Å². The molecule has 0 unspecified atom stereocenters. The number of hydrogen-bond donors (Lipinski definition) is 2. The molecule has 0 heterocycles. The fraction of sp³-hybridized carbons (Fsp3) is 0.333. The van der Waals surface area contributed by atoms with Gasteiger partial charge in [-0.3, -0.25) is 9.59 Å². The molecule has 0 aliphatic heterocycles. The Balaban J connectivity index is 2.29. The van der Waals surface area contributed by atoms with Crippen molar-refractivity contribution in [2.75, 3.05) is 30.5 Å².